The van der Waals surface area contributed by atoms with Crippen molar-refractivity contribution in [1.29, 1.82) is 0 Å². The van der Waals surface area contributed by atoms with Crippen LogP contribution in [0.25, 0.3) is 0 Å². The first-order chi connectivity index (χ1) is 9.29. The van der Waals surface area contributed by atoms with E-state index < -0.39 is 0 Å². The fourth-order valence-corrected chi connectivity index (χ4v) is 2.85. The molecule has 0 heterocycles. The SMILES string of the molecule is CCN(CCCNC1CCCC1)c1cccc(F)c1. The molecule has 0 amide bonds. The van der Waals surface area contributed by atoms with Crippen LogP contribution in [0.2, 0.25) is 0 Å². The molecular formula is C16H25FN2. The summed E-state index contributed by atoms with van der Waals surface area (Å²) in [5.74, 6) is -0.153. The van der Waals surface area contributed by atoms with Crippen molar-refractivity contribution in [2.24, 2.45) is 0 Å². The summed E-state index contributed by atoms with van der Waals surface area (Å²) in [7, 11) is 0. The quantitative estimate of drug-likeness (QED) is 0.757. The van der Waals surface area contributed by atoms with Gasteiger partial charge in [-0.3, -0.25) is 0 Å². The Morgan fingerprint density at radius 2 is 2.11 bits per heavy atom. The summed E-state index contributed by atoms with van der Waals surface area (Å²) < 4.78 is 13.2. The molecule has 19 heavy (non-hydrogen) atoms. The Kier molecular flexibility index (Phi) is 5.64. The average Bonchev–Trinajstić information content (AvgIpc) is 2.92. The summed E-state index contributed by atoms with van der Waals surface area (Å²) in [5, 5.41) is 3.62. The number of hydrogen-bond acceptors (Lipinski definition) is 2. The molecule has 0 aliphatic heterocycles. The normalized spacial score (nSPS) is 15.9. The second-order valence-corrected chi connectivity index (χ2v) is 5.35. The van der Waals surface area contributed by atoms with Crippen LogP contribution in [0, 0.1) is 5.82 Å². The van der Waals surface area contributed by atoms with Crippen LogP contribution >= 0.6 is 0 Å². The Morgan fingerprint density at radius 3 is 2.79 bits per heavy atom. The van der Waals surface area contributed by atoms with E-state index in [1.54, 1.807) is 12.1 Å². The summed E-state index contributed by atoms with van der Waals surface area (Å²) in [6.45, 7) is 5.10. The third-order valence-corrected chi connectivity index (χ3v) is 3.95. The molecule has 3 heteroatoms. The van der Waals surface area contributed by atoms with Crippen LogP contribution in [-0.4, -0.2) is 25.7 Å². The number of anilines is 1. The van der Waals surface area contributed by atoms with E-state index in [-0.39, 0.29) is 5.82 Å². The molecule has 0 radical (unpaired) electrons. The van der Waals surface area contributed by atoms with E-state index >= 15 is 0 Å². The second-order valence-electron chi connectivity index (χ2n) is 5.35. The van der Waals surface area contributed by atoms with Gasteiger partial charge in [0, 0.05) is 24.8 Å². The van der Waals surface area contributed by atoms with Crippen molar-refractivity contribution >= 4 is 5.69 Å². The van der Waals surface area contributed by atoms with Crippen LogP contribution in [0.4, 0.5) is 10.1 Å². The van der Waals surface area contributed by atoms with Gasteiger partial charge in [-0.2, -0.15) is 0 Å². The van der Waals surface area contributed by atoms with E-state index in [0.29, 0.717) is 0 Å². The second kappa shape index (κ2) is 7.49. The van der Waals surface area contributed by atoms with Crippen molar-refractivity contribution in [3.05, 3.63) is 30.1 Å². The lowest BCUT2D eigenvalue weighted by Gasteiger charge is -2.23. The predicted molar refractivity (Wildman–Crippen MR) is 79.2 cm³/mol. The first kappa shape index (κ1) is 14.3. The zero-order valence-corrected chi connectivity index (χ0v) is 11.9. The molecule has 2 nitrogen and oxygen atoms in total. The molecule has 1 aromatic carbocycles. The highest BCUT2D eigenvalue weighted by molar-refractivity contribution is 5.46. The van der Waals surface area contributed by atoms with Gasteiger partial charge in [0.25, 0.3) is 0 Å². The maximum atomic E-state index is 13.2. The number of nitrogens with one attached hydrogen (secondary N) is 1. The molecule has 0 spiro atoms. The maximum absolute atomic E-state index is 13.2. The maximum Gasteiger partial charge on any atom is 0.125 e. The van der Waals surface area contributed by atoms with Gasteiger partial charge in [0.2, 0.25) is 0 Å². The van der Waals surface area contributed by atoms with Crippen molar-refractivity contribution in [2.75, 3.05) is 24.5 Å². The van der Waals surface area contributed by atoms with E-state index in [1.165, 1.54) is 31.7 Å². The lowest BCUT2D eigenvalue weighted by molar-refractivity contribution is 0.514. The van der Waals surface area contributed by atoms with Gasteiger partial charge in [-0.25, -0.2) is 4.39 Å². The molecule has 1 N–H and O–H groups in total. The highest BCUT2D eigenvalue weighted by atomic mass is 19.1. The molecule has 0 bridgehead atoms. The molecule has 0 atom stereocenters. The van der Waals surface area contributed by atoms with Gasteiger partial charge in [0.1, 0.15) is 5.82 Å². The minimum atomic E-state index is -0.153. The fourth-order valence-electron chi connectivity index (χ4n) is 2.85. The molecule has 0 saturated heterocycles. The predicted octanol–water partition coefficient (Wildman–Crippen LogP) is 3.57. The first-order valence-electron chi connectivity index (χ1n) is 7.53. The summed E-state index contributed by atoms with van der Waals surface area (Å²) in [6.07, 6.45) is 6.54. The van der Waals surface area contributed by atoms with Crippen LogP contribution in [0.15, 0.2) is 24.3 Å². The topological polar surface area (TPSA) is 15.3 Å². The number of rotatable bonds is 7. The van der Waals surface area contributed by atoms with Gasteiger partial charge in [-0.15, -0.1) is 0 Å². The van der Waals surface area contributed by atoms with Gasteiger partial charge in [0.05, 0.1) is 0 Å². The monoisotopic (exact) mass is 264 g/mol. The molecule has 0 aromatic heterocycles. The van der Waals surface area contributed by atoms with Gasteiger partial charge in [-0.1, -0.05) is 18.9 Å². The third-order valence-electron chi connectivity index (χ3n) is 3.95. The fraction of sp³-hybridized carbons (Fsp3) is 0.625. The number of benzene rings is 1. The molecule has 1 aliphatic rings. The van der Waals surface area contributed by atoms with E-state index in [1.807, 2.05) is 6.07 Å². The molecule has 1 aromatic rings. The number of halogens is 1. The highest BCUT2D eigenvalue weighted by Gasteiger charge is 2.13. The highest BCUT2D eigenvalue weighted by Crippen LogP contribution is 2.18. The standard InChI is InChI=1S/C16H25FN2/c1-2-19(16-10-5-7-14(17)13-16)12-6-11-18-15-8-3-4-9-15/h5,7,10,13,15,18H,2-4,6,8-9,11-12H2,1H3. The zero-order valence-electron chi connectivity index (χ0n) is 11.9. The van der Waals surface area contributed by atoms with Crippen LogP contribution < -0.4 is 10.2 Å². The zero-order chi connectivity index (χ0) is 13.5. The average molecular weight is 264 g/mol. The van der Waals surface area contributed by atoms with Crippen molar-refractivity contribution in [3.63, 3.8) is 0 Å². The van der Waals surface area contributed by atoms with Crippen molar-refractivity contribution in [3.8, 4) is 0 Å². The lowest BCUT2D eigenvalue weighted by atomic mass is 10.2. The van der Waals surface area contributed by atoms with E-state index in [4.69, 9.17) is 0 Å². The van der Waals surface area contributed by atoms with Gasteiger partial charge in [0.15, 0.2) is 0 Å². The molecular weight excluding hydrogens is 239 g/mol. The van der Waals surface area contributed by atoms with Crippen LogP contribution in [-0.2, 0) is 0 Å². The third kappa shape index (κ3) is 4.50. The summed E-state index contributed by atoms with van der Waals surface area (Å²) in [4.78, 5) is 2.24. The molecule has 106 valence electrons. The van der Waals surface area contributed by atoms with Gasteiger partial charge in [-0.05, 0) is 50.9 Å². The van der Waals surface area contributed by atoms with Crippen molar-refractivity contribution in [2.45, 2.75) is 45.1 Å². The summed E-state index contributed by atoms with van der Waals surface area (Å²) in [6, 6.07) is 7.62. The summed E-state index contributed by atoms with van der Waals surface area (Å²) in [5.41, 5.74) is 0.989. The van der Waals surface area contributed by atoms with Crippen molar-refractivity contribution in [1.82, 2.24) is 5.32 Å². The number of nitrogens with zero attached hydrogens (tertiary/aromatic N) is 1. The van der Waals surface area contributed by atoms with Gasteiger partial charge >= 0.3 is 0 Å². The van der Waals surface area contributed by atoms with Gasteiger partial charge < -0.3 is 10.2 Å². The smallest absolute Gasteiger partial charge is 0.125 e. The molecule has 1 fully saturated rings. The Labute approximate surface area is 116 Å². The molecule has 1 saturated carbocycles. The minimum absolute atomic E-state index is 0.153. The number of hydrogen-bond donors (Lipinski definition) is 1. The minimum Gasteiger partial charge on any atom is -0.372 e. The van der Waals surface area contributed by atoms with Crippen LogP contribution in [0.5, 0.6) is 0 Å². The largest absolute Gasteiger partial charge is 0.372 e. The Balaban J connectivity index is 1.73. The summed E-state index contributed by atoms with van der Waals surface area (Å²) >= 11 is 0. The van der Waals surface area contributed by atoms with E-state index in [9.17, 15) is 4.39 Å². The molecule has 1 aliphatic carbocycles. The Morgan fingerprint density at radius 1 is 1.32 bits per heavy atom. The van der Waals surface area contributed by atoms with Crippen LogP contribution in [0.1, 0.15) is 39.0 Å². The van der Waals surface area contributed by atoms with E-state index in [2.05, 4.69) is 17.1 Å². The Bertz CT molecular complexity index is 375. The Hall–Kier alpha value is -1.09. The van der Waals surface area contributed by atoms with Crippen molar-refractivity contribution < 1.29 is 4.39 Å². The lowest BCUT2D eigenvalue weighted by Crippen LogP contribution is -2.31. The molecule has 0 unspecified atom stereocenters. The van der Waals surface area contributed by atoms with Crippen LogP contribution in [0.3, 0.4) is 0 Å². The van der Waals surface area contributed by atoms with E-state index in [0.717, 1.165) is 37.8 Å². The molecule has 2 rings (SSSR count). The first-order valence-corrected chi connectivity index (χ1v) is 7.53.